The molecule has 0 amide bonds. The van der Waals surface area contributed by atoms with Gasteiger partial charge in [0, 0.05) is 35.6 Å². The molecule has 1 aliphatic rings. The predicted molar refractivity (Wildman–Crippen MR) is 109 cm³/mol. The minimum absolute atomic E-state index is 0.112. The standard InChI is InChI=1S/C18H20N4O2.C2HF3O2/c1-18(19)12-17(15-4-2-3-5-16(15)21-18)20-11-10-13-6-8-14(9-7-13)22(23)24;3-2(4,5)1(6)7/h2-9,12,20-21H,10-11,19H2,1H3;(H,6,7). The van der Waals surface area contributed by atoms with Gasteiger partial charge in [0.05, 0.1) is 4.92 Å². The molecule has 8 nitrogen and oxygen atoms in total. The number of anilines is 1. The molecule has 2 aromatic rings. The average molecular weight is 438 g/mol. The van der Waals surface area contributed by atoms with Crippen LogP contribution < -0.4 is 16.4 Å². The third kappa shape index (κ3) is 7.00. The minimum Gasteiger partial charge on any atom is -0.475 e. The number of hydrogen-bond acceptors (Lipinski definition) is 6. The number of nitro benzene ring substituents is 1. The second-order valence-electron chi connectivity index (χ2n) is 6.91. The number of hydrogen-bond donors (Lipinski definition) is 4. The number of nitrogens with two attached hydrogens (primary N) is 1. The van der Waals surface area contributed by atoms with Gasteiger partial charge >= 0.3 is 12.1 Å². The van der Waals surface area contributed by atoms with Crippen LogP contribution in [0.2, 0.25) is 0 Å². The van der Waals surface area contributed by atoms with Crippen molar-refractivity contribution in [3.8, 4) is 0 Å². The molecular formula is C20H21F3N4O4. The number of nitrogens with zero attached hydrogens (tertiary/aromatic N) is 1. The zero-order valence-corrected chi connectivity index (χ0v) is 16.4. The molecule has 0 saturated carbocycles. The average Bonchev–Trinajstić information content (AvgIpc) is 2.67. The van der Waals surface area contributed by atoms with Crippen molar-refractivity contribution in [1.29, 1.82) is 0 Å². The summed E-state index contributed by atoms with van der Waals surface area (Å²) in [6.07, 6.45) is -2.34. The maximum atomic E-state index is 10.7. The van der Waals surface area contributed by atoms with Crippen LogP contribution >= 0.6 is 0 Å². The van der Waals surface area contributed by atoms with E-state index in [1.165, 1.54) is 12.1 Å². The zero-order chi connectivity index (χ0) is 23.2. The number of fused-ring (bicyclic) bond motifs is 1. The molecule has 5 N–H and O–H groups in total. The van der Waals surface area contributed by atoms with Crippen LogP contribution in [0, 0.1) is 10.1 Å². The third-order valence-corrected chi connectivity index (χ3v) is 4.18. The Hall–Kier alpha value is -3.60. The lowest BCUT2D eigenvalue weighted by molar-refractivity contribution is -0.384. The Morgan fingerprint density at radius 3 is 2.35 bits per heavy atom. The van der Waals surface area contributed by atoms with Crippen molar-refractivity contribution in [2.75, 3.05) is 11.9 Å². The van der Waals surface area contributed by atoms with Crippen molar-refractivity contribution >= 4 is 23.0 Å². The summed E-state index contributed by atoms with van der Waals surface area (Å²) < 4.78 is 31.7. The second kappa shape index (κ2) is 9.47. The van der Waals surface area contributed by atoms with Crippen LogP contribution in [0.1, 0.15) is 18.1 Å². The van der Waals surface area contributed by atoms with Gasteiger partial charge < -0.3 is 21.5 Å². The molecule has 11 heteroatoms. The van der Waals surface area contributed by atoms with Gasteiger partial charge in [0.25, 0.3) is 5.69 Å². The predicted octanol–water partition coefficient (Wildman–Crippen LogP) is 3.50. The number of aliphatic carboxylic acids is 1. The number of para-hydroxylation sites is 1. The smallest absolute Gasteiger partial charge is 0.475 e. The highest BCUT2D eigenvalue weighted by Crippen LogP contribution is 2.30. The van der Waals surface area contributed by atoms with Crippen LogP contribution in [0.5, 0.6) is 0 Å². The molecule has 0 aromatic heterocycles. The Labute approximate surface area is 175 Å². The first-order valence-corrected chi connectivity index (χ1v) is 9.06. The van der Waals surface area contributed by atoms with Crippen LogP contribution in [0.3, 0.4) is 0 Å². The van der Waals surface area contributed by atoms with Gasteiger partial charge in [0.15, 0.2) is 0 Å². The van der Waals surface area contributed by atoms with Gasteiger partial charge in [-0.25, -0.2) is 4.79 Å². The number of benzene rings is 2. The molecule has 0 spiro atoms. The molecule has 2 aromatic carbocycles. The molecule has 0 fully saturated rings. The van der Waals surface area contributed by atoms with Gasteiger partial charge in [-0.3, -0.25) is 10.1 Å². The van der Waals surface area contributed by atoms with Crippen molar-refractivity contribution in [3.05, 3.63) is 75.8 Å². The Morgan fingerprint density at radius 2 is 1.81 bits per heavy atom. The number of non-ortho nitro benzene ring substituents is 1. The molecule has 1 atom stereocenters. The summed E-state index contributed by atoms with van der Waals surface area (Å²) in [6, 6.07) is 14.7. The van der Waals surface area contributed by atoms with Gasteiger partial charge in [-0.2, -0.15) is 13.2 Å². The highest BCUT2D eigenvalue weighted by atomic mass is 19.4. The molecular weight excluding hydrogens is 417 g/mol. The summed E-state index contributed by atoms with van der Waals surface area (Å²) >= 11 is 0. The lowest BCUT2D eigenvalue weighted by Crippen LogP contribution is -2.45. The summed E-state index contributed by atoms with van der Waals surface area (Å²) in [5.74, 6) is -2.76. The highest BCUT2D eigenvalue weighted by Gasteiger charge is 2.38. The molecule has 31 heavy (non-hydrogen) atoms. The zero-order valence-electron chi connectivity index (χ0n) is 16.4. The van der Waals surface area contributed by atoms with Crippen LogP contribution in [-0.4, -0.2) is 34.4 Å². The van der Waals surface area contributed by atoms with Crippen molar-refractivity contribution in [3.63, 3.8) is 0 Å². The molecule has 166 valence electrons. The Bertz CT molecular complexity index is 973. The van der Waals surface area contributed by atoms with E-state index in [9.17, 15) is 23.3 Å². The summed E-state index contributed by atoms with van der Waals surface area (Å²) in [6.45, 7) is 2.63. The third-order valence-electron chi connectivity index (χ3n) is 4.18. The summed E-state index contributed by atoms with van der Waals surface area (Å²) in [5, 5.41) is 24.5. The van der Waals surface area contributed by atoms with Gasteiger partial charge in [0.1, 0.15) is 5.66 Å². The maximum Gasteiger partial charge on any atom is 0.490 e. The van der Waals surface area contributed by atoms with Gasteiger partial charge in [-0.1, -0.05) is 30.3 Å². The minimum atomic E-state index is -5.08. The van der Waals surface area contributed by atoms with Crippen molar-refractivity contribution in [2.24, 2.45) is 5.73 Å². The van der Waals surface area contributed by atoms with Crippen molar-refractivity contribution < 1.29 is 28.0 Å². The molecule has 0 saturated heterocycles. The van der Waals surface area contributed by atoms with Gasteiger partial charge in [-0.15, -0.1) is 0 Å². The molecule has 0 radical (unpaired) electrons. The lowest BCUT2D eigenvalue weighted by Gasteiger charge is -2.32. The summed E-state index contributed by atoms with van der Waals surface area (Å²) in [7, 11) is 0. The SMILES string of the molecule is CC1(N)C=C(NCCc2ccc([N+](=O)[O-])cc2)c2ccccc2N1.O=C(O)C(F)(F)F. The van der Waals surface area contributed by atoms with Crippen molar-refractivity contribution in [1.82, 2.24) is 5.32 Å². The Morgan fingerprint density at radius 1 is 1.23 bits per heavy atom. The molecule has 1 unspecified atom stereocenters. The number of nitrogens with one attached hydrogen (secondary N) is 2. The quantitative estimate of drug-likeness (QED) is 0.415. The first kappa shape index (κ1) is 23.7. The van der Waals surface area contributed by atoms with Crippen LogP contribution in [0.25, 0.3) is 5.70 Å². The van der Waals surface area contributed by atoms with E-state index in [0.29, 0.717) is 6.54 Å². The molecule has 1 heterocycles. The lowest BCUT2D eigenvalue weighted by atomic mass is 9.99. The first-order valence-electron chi connectivity index (χ1n) is 9.06. The number of carboxylic acid groups (broad SMARTS) is 1. The Balaban J connectivity index is 0.000000423. The number of nitro groups is 1. The molecule has 1 aliphatic heterocycles. The van der Waals surface area contributed by atoms with E-state index in [2.05, 4.69) is 10.6 Å². The largest absolute Gasteiger partial charge is 0.490 e. The molecule has 3 rings (SSSR count). The topological polar surface area (TPSA) is 131 Å². The summed E-state index contributed by atoms with van der Waals surface area (Å²) in [4.78, 5) is 19.2. The maximum absolute atomic E-state index is 10.7. The van der Waals surface area contributed by atoms with Gasteiger partial charge in [-0.05, 0) is 31.1 Å². The van der Waals surface area contributed by atoms with Crippen molar-refractivity contribution in [2.45, 2.75) is 25.2 Å². The Kier molecular flexibility index (Phi) is 7.24. The molecule has 0 bridgehead atoms. The van der Waals surface area contributed by atoms with Gasteiger partial charge in [0.2, 0.25) is 0 Å². The van der Waals surface area contributed by atoms with Crippen LogP contribution in [-0.2, 0) is 11.2 Å². The molecule has 0 aliphatic carbocycles. The van der Waals surface area contributed by atoms with Crippen LogP contribution in [0.4, 0.5) is 24.5 Å². The number of carbonyl (C=O) groups is 1. The second-order valence-corrected chi connectivity index (χ2v) is 6.91. The number of halogens is 3. The fourth-order valence-electron chi connectivity index (χ4n) is 2.80. The monoisotopic (exact) mass is 438 g/mol. The number of carboxylic acids is 1. The normalized spacial score (nSPS) is 17.3. The fraction of sp³-hybridized carbons (Fsp3) is 0.250. The summed E-state index contributed by atoms with van der Waals surface area (Å²) in [5.41, 5.74) is 9.86. The van der Waals surface area contributed by atoms with E-state index in [-0.39, 0.29) is 10.6 Å². The number of alkyl halides is 3. The van der Waals surface area contributed by atoms with E-state index in [1.54, 1.807) is 12.1 Å². The van der Waals surface area contributed by atoms with E-state index in [4.69, 9.17) is 15.6 Å². The van der Waals surface area contributed by atoms with E-state index in [0.717, 1.165) is 28.9 Å². The van der Waals surface area contributed by atoms with E-state index in [1.807, 2.05) is 37.3 Å². The van der Waals surface area contributed by atoms with E-state index >= 15 is 0 Å². The highest BCUT2D eigenvalue weighted by molar-refractivity contribution is 5.79. The fourth-order valence-corrected chi connectivity index (χ4v) is 2.80. The van der Waals surface area contributed by atoms with Crippen LogP contribution in [0.15, 0.2) is 54.6 Å². The van der Waals surface area contributed by atoms with E-state index < -0.39 is 17.8 Å². The number of rotatable bonds is 5. The first-order chi connectivity index (χ1) is 14.4.